The Labute approximate surface area is 186 Å². The molecule has 0 spiro atoms. The van der Waals surface area contributed by atoms with Crippen molar-refractivity contribution in [3.05, 3.63) is 104 Å². The van der Waals surface area contributed by atoms with Crippen LogP contribution in [0.5, 0.6) is 11.5 Å². The maximum Gasteiger partial charge on any atom is 0.349 e. The third kappa shape index (κ3) is 3.49. The van der Waals surface area contributed by atoms with Gasteiger partial charge in [-0.1, -0.05) is 17.7 Å². The summed E-state index contributed by atoms with van der Waals surface area (Å²) in [5.41, 5.74) is 0.735. The molecule has 2 heterocycles. The molecule has 0 atom stereocenters. The maximum absolute atomic E-state index is 12.4. The minimum absolute atomic E-state index is 0.202. The van der Waals surface area contributed by atoms with Crippen LogP contribution in [0.1, 0.15) is 5.56 Å². The highest BCUT2D eigenvalue weighted by molar-refractivity contribution is 6.30. The van der Waals surface area contributed by atoms with Crippen molar-refractivity contribution in [3.8, 4) is 34.6 Å². The lowest BCUT2D eigenvalue weighted by molar-refractivity contribution is 0.482. The number of ether oxygens (including phenoxy) is 1. The number of rotatable bonds is 3. The zero-order chi connectivity index (χ0) is 22.2. The fraction of sp³-hybridized carbons (Fsp3) is 0. The Bertz CT molecular complexity index is 1600. The molecular weight excluding hydrogens is 428 g/mol. The first-order valence-corrected chi connectivity index (χ1v) is 9.93. The predicted molar refractivity (Wildman–Crippen MR) is 121 cm³/mol. The number of hydrogen-bond acceptors (Lipinski definition) is 5. The molecule has 0 saturated carbocycles. The van der Waals surface area contributed by atoms with Crippen LogP contribution in [0.2, 0.25) is 5.02 Å². The highest BCUT2D eigenvalue weighted by atomic mass is 35.5. The standard InChI is InChI=1S/C24H13ClN4O3/c25-16-3-7-18(8-4-16)32-19-9-5-17(6-10-19)29-21-11-14(13-26)1-2-15(21)12-20-22(29)27-24(31)28-23(20)30/h1-12H,(H,28,30,31). The van der Waals surface area contributed by atoms with Gasteiger partial charge >= 0.3 is 5.69 Å². The van der Waals surface area contributed by atoms with Crippen LogP contribution in [0, 0.1) is 11.3 Å². The predicted octanol–water partition coefficient (Wildman–Crippen LogP) is 4.50. The van der Waals surface area contributed by atoms with Gasteiger partial charge in [0, 0.05) is 10.7 Å². The summed E-state index contributed by atoms with van der Waals surface area (Å²) in [5, 5.41) is 10.7. The summed E-state index contributed by atoms with van der Waals surface area (Å²) >= 11 is 5.91. The number of aromatic nitrogens is 3. The van der Waals surface area contributed by atoms with Gasteiger partial charge in [-0.15, -0.1) is 0 Å². The Balaban J connectivity index is 1.69. The molecule has 8 heteroatoms. The van der Waals surface area contributed by atoms with Gasteiger partial charge in [0.25, 0.3) is 5.56 Å². The van der Waals surface area contributed by atoms with Crippen molar-refractivity contribution >= 4 is 22.5 Å². The monoisotopic (exact) mass is 440 g/mol. The smallest absolute Gasteiger partial charge is 0.349 e. The molecule has 0 amide bonds. The Morgan fingerprint density at radius 1 is 0.938 bits per heavy atom. The zero-order valence-corrected chi connectivity index (χ0v) is 17.1. The van der Waals surface area contributed by atoms with E-state index < -0.39 is 11.2 Å². The number of nitrogens with one attached hydrogen (secondary N) is 1. The molecule has 0 saturated heterocycles. The van der Waals surface area contributed by atoms with Crippen LogP contribution in [0.15, 0.2) is 82.4 Å². The average Bonchev–Trinajstić information content (AvgIpc) is 2.80. The fourth-order valence-corrected chi connectivity index (χ4v) is 3.64. The topological polar surface area (TPSA) is 101 Å². The molecule has 7 nitrogen and oxygen atoms in total. The summed E-state index contributed by atoms with van der Waals surface area (Å²) in [5.74, 6) is 1.43. The van der Waals surface area contributed by atoms with E-state index in [1.807, 2.05) is 0 Å². The maximum atomic E-state index is 12.4. The van der Waals surface area contributed by atoms with E-state index in [0.29, 0.717) is 33.3 Å². The molecule has 2 aliphatic heterocycles. The lowest BCUT2D eigenvalue weighted by Gasteiger charge is -2.18. The molecule has 5 rings (SSSR count). The quantitative estimate of drug-likeness (QED) is 0.416. The zero-order valence-electron chi connectivity index (χ0n) is 16.4. The van der Waals surface area contributed by atoms with Crippen molar-refractivity contribution in [1.82, 2.24) is 14.5 Å². The van der Waals surface area contributed by atoms with Crippen LogP contribution in [-0.2, 0) is 0 Å². The minimum Gasteiger partial charge on any atom is -0.457 e. The number of pyridine rings is 1. The van der Waals surface area contributed by atoms with Gasteiger partial charge in [-0.05, 0) is 72.1 Å². The molecule has 0 unspecified atom stereocenters. The van der Waals surface area contributed by atoms with Gasteiger partial charge < -0.3 is 4.74 Å². The number of nitrogens with zero attached hydrogens (tertiary/aromatic N) is 3. The van der Waals surface area contributed by atoms with Gasteiger partial charge in [0.15, 0.2) is 5.82 Å². The SMILES string of the molecule is N#Cc1ccc2cc3c(=O)[nH]c(=O)nc-3n(-c3ccc(Oc4ccc(Cl)cc4)cc3)c2c1. The molecule has 0 radical (unpaired) electrons. The summed E-state index contributed by atoms with van der Waals surface area (Å²) in [7, 11) is 0. The molecule has 1 N–H and O–H groups in total. The fourth-order valence-electron chi connectivity index (χ4n) is 3.51. The summed E-state index contributed by atoms with van der Waals surface area (Å²) in [4.78, 5) is 30.7. The normalized spacial score (nSPS) is 10.9. The van der Waals surface area contributed by atoms with Crippen molar-refractivity contribution in [2.45, 2.75) is 0 Å². The van der Waals surface area contributed by atoms with Crippen molar-refractivity contribution in [2.75, 3.05) is 0 Å². The van der Waals surface area contributed by atoms with Crippen molar-refractivity contribution in [2.24, 2.45) is 0 Å². The van der Waals surface area contributed by atoms with Gasteiger partial charge in [0.1, 0.15) is 11.5 Å². The van der Waals surface area contributed by atoms with Crippen LogP contribution in [0.25, 0.3) is 28.0 Å². The molecule has 0 aliphatic carbocycles. The van der Waals surface area contributed by atoms with E-state index in [1.165, 1.54) is 0 Å². The lowest BCUT2D eigenvalue weighted by atomic mass is 10.1. The van der Waals surface area contributed by atoms with Crippen molar-refractivity contribution < 1.29 is 4.74 Å². The number of halogens is 1. The van der Waals surface area contributed by atoms with Crippen LogP contribution in [0.4, 0.5) is 0 Å². The third-order valence-corrected chi connectivity index (χ3v) is 5.22. The van der Waals surface area contributed by atoms with Crippen molar-refractivity contribution in [1.29, 1.82) is 5.26 Å². The molecule has 32 heavy (non-hydrogen) atoms. The number of nitriles is 1. The van der Waals surface area contributed by atoms with Crippen LogP contribution in [0.3, 0.4) is 0 Å². The Morgan fingerprint density at radius 2 is 1.62 bits per heavy atom. The van der Waals surface area contributed by atoms with E-state index >= 15 is 0 Å². The van der Waals surface area contributed by atoms with Crippen LogP contribution < -0.4 is 16.0 Å². The van der Waals surface area contributed by atoms with Gasteiger partial charge in [-0.25, -0.2) is 4.79 Å². The minimum atomic E-state index is -0.741. The molecule has 3 aromatic rings. The second kappa shape index (κ2) is 7.69. The Hall–Kier alpha value is -4.41. The number of benzene rings is 3. The first-order chi connectivity index (χ1) is 15.5. The summed E-state index contributed by atoms with van der Waals surface area (Å²) < 4.78 is 7.53. The summed E-state index contributed by atoms with van der Waals surface area (Å²) in [6.07, 6.45) is 0. The third-order valence-electron chi connectivity index (χ3n) is 4.97. The van der Waals surface area contributed by atoms with Gasteiger partial charge in [-0.3, -0.25) is 14.3 Å². The van der Waals surface area contributed by atoms with Gasteiger partial charge in [0.05, 0.1) is 22.7 Å². The van der Waals surface area contributed by atoms with Crippen molar-refractivity contribution in [3.63, 3.8) is 0 Å². The largest absolute Gasteiger partial charge is 0.457 e. The molecule has 2 aliphatic rings. The molecule has 0 fully saturated rings. The van der Waals surface area contributed by atoms with Crippen LogP contribution in [-0.4, -0.2) is 14.5 Å². The number of H-pyrrole nitrogens is 1. The van der Waals surface area contributed by atoms with Crippen LogP contribution >= 0.6 is 11.6 Å². The second-order valence-corrected chi connectivity index (χ2v) is 7.46. The molecule has 154 valence electrons. The van der Waals surface area contributed by atoms with E-state index in [-0.39, 0.29) is 11.4 Å². The molecule has 0 aromatic heterocycles. The Kier molecular flexibility index (Phi) is 4.70. The van der Waals surface area contributed by atoms with E-state index in [9.17, 15) is 14.9 Å². The highest BCUT2D eigenvalue weighted by Gasteiger charge is 2.18. The number of hydrogen-bond donors (Lipinski definition) is 1. The van der Waals surface area contributed by atoms with Gasteiger partial charge in [-0.2, -0.15) is 10.2 Å². The molecular formula is C24H13ClN4O3. The van der Waals surface area contributed by atoms with E-state index in [1.54, 1.807) is 77.4 Å². The number of fused-ring (bicyclic) bond motifs is 2. The average molecular weight is 441 g/mol. The second-order valence-electron chi connectivity index (χ2n) is 7.02. The molecule has 3 aromatic carbocycles. The molecule has 0 bridgehead atoms. The summed E-state index contributed by atoms with van der Waals surface area (Å²) in [6, 6.07) is 23.0. The van der Waals surface area contributed by atoms with E-state index in [2.05, 4.69) is 16.0 Å². The van der Waals surface area contributed by atoms with Gasteiger partial charge in [0.2, 0.25) is 0 Å². The lowest BCUT2D eigenvalue weighted by Crippen LogP contribution is -2.27. The highest BCUT2D eigenvalue weighted by Crippen LogP contribution is 2.30. The first-order valence-electron chi connectivity index (χ1n) is 9.56. The number of aromatic amines is 1. The Morgan fingerprint density at radius 3 is 2.31 bits per heavy atom. The van der Waals surface area contributed by atoms with E-state index in [0.717, 1.165) is 5.39 Å². The summed E-state index contributed by atoms with van der Waals surface area (Å²) in [6.45, 7) is 0. The van der Waals surface area contributed by atoms with E-state index in [4.69, 9.17) is 16.3 Å². The first kappa shape index (κ1) is 19.5.